The van der Waals surface area contributed by atoms with Crippen LogP contribution >= 0.6 is 0 Å². The molecule has 296 valence electrons. The molecule has 0 radical (unpaired) electrons. The van der Waals surface area contributed by atoms with Crippen molar-refractivity contribution in [1.82, 2.24) is 0 Å². The second kappa shape index (κ2) is 13.2. The van der Waals surface area contributed by atoms with Gasteiger partial charge in [-0.2, -0.15) is 0 Å². The van der Waals surface area contributed by atoms with Gasteiger partial charge in [-0.25, -0.2) is 0 Å². The average Bonchev–Trinajstić information content (AvgIpc) is 4.09. The second-order valence-corrected chi connectivity index (χ2v) is 18.3. The van der Waals surface area contributed by atoms with E-state index in [4.69, 9.17) is 4.42 Å². The fraction of sp³-hybridized carbons (Fsp3) is 0.133. The van der Waals surface area contributed by atoms with Crippen molar-refractivity contribution in [2.24, 2.45) is 0 Å². The minimum atomic E-state index is -0.172. The van der Waals surface area contributed by atoms with Gasteiger partial charge >= 0.3 is 0 Å². The summed E-state index contributed by atoms with van der Waals surface area (Å²) < 4.78 is 6.78. The van der Waals surface area contributed by atoms with Crippen LogP contribution in [-0.4, -0.2) is 0 Å². The van der Waals surface area contributed by atoms with Crippen LogP contribution < -0.4 is 4.90 Å². The van der Waals surface area contributed by atoms with Crippen LogP contribution in [0.3, 0.4) is 0 Å². The molecule has 0 amide bonds. The largest absolute Gasteiger partial charge is 0.455 e. The Balaban J connectivity index is 1.09. The van der Waals surface area contributed by atoms with E-state index in [0.29, 0.717) is 0 Å². The maximum atomic E-state index is 6.78. The zero-order valence-electron chi connectivity index (χ0n) is 35.1. The monoisotopic (exact) mass is 795 g/mol. The first-order valence-electron chi connectivity index (χ1n) is 22.3. The fourth-order valence-corrected chi connectivity index (χ4v) is 12.2. The highest BCUT2D eigenvalue weighted by atomic mass is 16.3. The highest BCUT2D eigenvalue weighted by molar-refractivity contribution is 6.20. The number of anilines is 3. The van der Waals surface area contributed by atoms with Crippen molar-refractivity contribution >= 4 is 49.8 Å². The van der Waals surface area contributed by atoms with Crippen molar-refractivity contribution in [2.45, 2.75) is 50.4 Å². The zero-order chi connectivity index (χ0) is 41.2. The number of hydrogen-bond donors (Lipinski definition) is 0. The highest BCUT2D eigenvalue weighted by Crippen LogP contribution is 2.59. The minimum Gasteiger partial charge on any atom is -0.455 e. The lowest BCUT2D eigenvalue weighted by molar-refractivity contribution is 0.550. The second-order valence-electron chi connectivity index (χ2n) is 18.3. The van der Waals surface area contributed by atoms with E-state index in [0.717, 1.165) is 49.8 Å². The molecule has 0 atom stereocenters. The van der Waals surface area contributed by atoms with E-state index in [1.54, 1.807) is 0 Å². The van der Waals surface area contributed by atoms with Gasteiger partial charge in [0.05, 0.1) is 11.4 Å². The van der Waals surface area contributed by atoms with Crippen molar-refractivity contribution in [3.8, 4) is 44.5 Å². The molecule has 1 aromatic heterocycles. The molecule has 1 saturated carbocycles. The van der Waals surface area contributed by atoms with Crippen LogP contribution in [-0.2, 0) is 10.8 Å². The Hall–Kier alpha value is -7.16. The molecule has 3 aliphatic rings. The molecule has 2 heteroatoms. The molecule has 10 aromatic rings. The summed E-state index contributed by atoms with van der Waals surface area (Å²) in [5.41, 5.74) is 21.2. The Morgan fingerprint density at radius 1 is 0.435 bits per heavy atom. The van der Waals surface area contributed by atoms with Crippen LogP contribution in [0.2, 0.25) is 0 Å². The van der Waals surface area contributed by atoms with E-state index in [1.165, 1.54) is 92.4 Å². The number of benzene rings is 9. The summed E-state index contributed by atoms with van der Waals surface area (Å²) in [5.74, 6) is 0. The van der Waals surface area contributed by atoms with E-state index < -0.39 is 0 Å². The number of furan rings is 1. The zero-order valence-corrected chi connectivity index (χ0v) is 35.1. The predicted octanol–water partition coefficient (Wildman–Crippen LogP) is 16.7. The molecule has 1 spiro atoms. The van der Waals surface area contributed by atoms with Gasteiger partial charge in [-0.1, -0.05) is 178 Å². The van der Waals surface area contributed by atoms with Gasteiger partial charge < -0.3 is 9.32 Å². The van der Waals surface area contributed by atoms with Crippen molar-refractivity contribution in [1.29, 1.82) is 0 Å². The fourth-order valence-electron chi connectivity index (χ4n) is 12.2. The number of para-hydroxylation sites is 2. The third-order valence-electron chi connectivity index (χ3n) is 14.8. The summed E-state index contributed by atoms with van der Waals surface area (Å²) >= 11 is 0. The summed E-state index contributed by atoms with van der Waals surface area (Å²) in [5, 5.41) is 4.59. The Bertz CT molecular complexity index is 3470. The van der Waals surface area contributed by atoms with Gasteiger partial charge in [-0.15, -0.1) is 0 Å². The lowest BCUT2D eigenvalue weighted by Crippen LogP contribution is -2.21. The summed E-state index contributed by atoms with van der Waals surface area (Å²) in [7, 11) is 0. The van der Waals surface area contributed by atoms with Crippen LogP contribution in [0.4, 0.5) is 17.1 Å². The molecule has 0 saturated heterocycles. The average molecular weight is 796 g/mol. The molecule has 1 fully saturated rings. The number of nitrogens with zero attached hydrogens (tertiary/aromatic N) is 1. The van der Waals surface area contributed by atoms with Crippen LogP contribution in [0, 0.1) is 0 Å². The molecule has 0 bridgehead atoms. The van der Waals surface area contributed by atoms with Gasteiger partial charge in [-0.05, 0) is 110 Å². The number of fused-ring (bicyclic) bond motifs is 13. The Labute approximate surface area is 362 Å². The summed E-state index contributed by atoms with van der Waals surface area (Å²) in [6.07, 6.45) is 4.87. The lowest BCUT2D eigenvalue weighted by Gasteiger charge is -2.33. The SMILES string of the molecule is CC1(C)c2ccccc2-c2cccc(-c3ccccc3N(c3ccc4c(c3)C3(CCCC3)c3ccccc3-4)c3ccccc3-c3cccc4oc5c6ccccc6ccc5c34)c21. The van der Waals surface area contributed by atoms with Crippen LogP contribution in [0.25, 0.3) is 77.2 Å². The van der Waals surface area contributed by atoms with Gasteiger partial charge in [0.1, 0.15) is 11.2 Å². The van der Waals surface area contributed by atoms with Crippen LogP contribution in [0.15, 0.2) is 192 Å². The van der Waals surface area contributed by atoms with E-state index in [-0.39, 0.29) is 10.8 Å². The van der Waals surface area contributed by atoms with Crippen molar-refractivity contribution < 1.29 is 4.42 Å². The van der Waals surface area contributed by atoms with Crippen LogP contribution in [0.5, 0.6) is 0 Å². The predicted molar refractivity (Wildman–Crippen MR) is 259 cm³/mol. The summed E-state index contributed by atoms with van der Waals surface area (Å²) in [6, 6.07) is 70.2. The van der Waals surface area contributed by atoms with Gasteiger partial charge in [0.25, 0.3) is 0 Å². The third-order valence-corrected chi connectivity index (χ3v) is 14.8. The quantitative estimate of drug-likeness (QED) is 0.173. The molecule has 0 N–H and O–H groups in total. The first kappa shape index (κ1) is 35.6. The lowest BCUT2D eigenvalue weighted by atomic mass is 9.76. The van der Waals surface area contributed by atoms with Crippen molar-refractivity contribution in [2.75, 3.05) is 4.90 Å². The molecule has 0 unspecified atom stereocenters. The summed E-state index contributed by atoms with van der Waals surface area (Å²) in [6.45, 7) is 4.80. The van der Waals surface area contributed by atoms with Gasteiger partial charge in [0.2, 0.25) is 0 Å². The Morgan fingerprint density at radius 2 is 1.00 bits per heavy atom. The highest BCUT2D eigenvalue weighted by Gasteiger charge is 2.45. The Kier molecular flexibility index (Phi) is 7.56. The molecule has 1 heterocycles. The minimum absolute atomic E-state index is 0.0345. The molecule has 3 aliphatic carbocycles. The van der Waals surface area contributed by atoms with Gasteiger partial charge in [-0.3, -0.25) is 0 Å². The van der Waals surface area contributed by atoms with E-state index in [1.807, 2.05) is 0 Å². The molecular weight excluding hydrogens is 751 g/mol. The van der Waals surface area contributed by atoms with Crippen molar-refractivity contribution in [3.05, 3.63) is 210 Å². The molecule has 62 heavy (non-hydrogen) atoms. The number of rotatable bonds is 5. The maximum absolute atomic E-state index is 6.78. The first-order valence-corrected chi connectivity index (χ1v) is 22.3. The van der Waals surface area contributed by atoms with Crippen LogP contribution in [0.1, 0.15) is 61.8 Å². The normalized spacial score (nSPS) is 15.3. The smallest absolute Gasteiger partial charge is 0.143 e. The molecule has 13 rings (SSSR count). The van der Waals surface area contributed by atoms with E-state index in [9.17, 15) is 0 Å². The standard InChI is InChI=1S/C60H45NO/c1-59(2)50-26-9-5-20-42(50)47-24-15-25-48(57(47)59)45-22-8-12-29-54(45)61(39-32-34-43-41-19-6-10-27-51(41)60(52(43)37-39)35-13-14-36-60)53-28-11-7-21-44(53)46-23-16-30-55-56(46)49-33-31-38-17-3-4-18-40(38)58(49)62-55/h3-12,15-34,37H,13-14,35-36H2,1-2H3. The first-order chi connectivity index (χ1) is 30.5. The molecular formula is C60H45NO. The topological polar surface area (TPSA) is 16.4 Å². The molecule has 9 aromatic carbocycles. The van der Waals surface area contributed by atoms with E-state index >= 15 is 0 Å². The summed E-state index contributed by atoms with van der Waals surface area (Å²) in [4.78, 5) is 2.57. The third kappa shape index (κ3) is 4.87. The molecule has 0 aliphatic heterocycles. The van der Waals surface area contributed by atoms with E-state index in [2.05, 4.69) is 207 Å². The van der Waals surface area contributed by atoms with Crippen molar-refractivity contribution in [3.63, 3.8) is 0 Å². The van der Waals surface area contributed by atoms with Gasteiger partial charge in [0.15, 0.2) is 0 Å². The maximum Gasteiger partial charge on any atom is 0.143 e. The molecule has 2 nitrogen and oxygen atoms in total. The van der Waals surface area contributed by atoms with Gasteiger partial charge in [0, 0.05) is 43.8 Å². The Morgan fingerprint density at radius 3 is 1.77 bits per heavy atom. The number of hydrogen-bond acceptors (Lipinski definition) is 2.